The van der Waals surface area contributed by atoms with E-state index < -0.39 is 11.5 Å². The van der Waals surface area contributed by atoms with E-state index in [0.29, 0.717) is 16.7 Å². The molecule has 1 unspecified atom stereocenters. The van der Waals surface area contributed by atoms with E-state index in [-0.39, 0.29) is 22.8 Å². The second-order valence-corrected chi connectivity index (χ2v) is 7.30. The zero-order valence-electron chi connectivity index (χ0n) is 16.3. The molecule has 5 rings (SSSR count). The predicted molar refractivity (Wildman–Crippen MR) is 118 cm³/mol. The molecule has 1 aliphatic heterocycles. The number of benzene rings is 3. The summed E-state index contributed by atoms with van der Waals surface area (Å²) in [5.41, 5.74) is 15.5. The largest absolute Gasteiger partial charge is 0.439 e. The van der Waals surface area contributed by atoms with Crippen LogP contribution in [0.3, 0.4) is 0 Å². The van der Waals surface area contributed by atoms with Crippen LogP contribution in [0, 0.1) is 11.3 Å². The van der Waals surface area contributed by atoms with Crippen molar-refractivity contribution in [2.45, 2.75) is 5.92 Å². The fraction of sp³-hybridized carbons (Fsp3) is 0.0400. The second kappa shape index (κ2) is 7.08. The molecule has 4 aromatic rings. The maximum atomic E-state index is 13.0. The third-order valence-corrected chi connectivity index (χ3v) is 5.44. The highest BCUT2D eigenvalue weighted by Gasteiger charge is 2.35. The van der Waals surface area contributed by atoms with E-state index >= 15 is 0 Å². The third kappa shape index (κ3) is 3.00. The smallest absolute Gasteiger partial charge is 0.344 e. The number of fused-ring (bicyclic) bond motifs is 3. The summed E-state index contributed by atoms with van der Waals surface area (Å²) in [5, 5.41) is 10.3. The van der Waals surface area contributed by atoms with Crippen LogP contribution in [0.25, 0.3) is 22.1 Å². The molecule has 1 aromatic heterocycles. The fourth-order valence-electron chi connectivity index (χ4n) is 3.97. The maximum absolute atomic E-state index is 13.0. The standard InChI is InChI=1S/C25H17N3O3/c26-13-19-21(16-8-6-15(7-9-16)14-4-2-1-3-5-14)22-23(31-24(19)28)18-12-17(27)10-11-20(18)30-25(22)29/h1-12,21H,27-28H2. The van der Waals surface area contributed by atoms with Crippen molar-refractivity contribution in [1.29, 1.82) is 5.26 Å². The van der Waals surface area contributed by atoms with Gasteiger partial charge in [0.1, 0.15) is 17.2 Å². The van der Waals surface area contributed by atoms with Crippen molar-refractivity contribution in [2.75, 3.05) is 5.73 Å². The lowest BCUT2D eigenvalue weighted by Crippen LogP contribution is -2.26. The molecule has 1 aliphatic rings. The van der Waals surface area contributed by atoms with E-state index in [1.807, 2.05) is 54.6 Å². The van der Waals surface area contributed by atoms with E-state index in [4.69, 9.17) is 20.6 Å². The number of nitrogens with two attached hydrogens (primary N) is 2. The average molecular weight is 407 g/mol. The van der Waals surface area contributed by atoms with Crippen molar-refractivity contribution >= 4 is 16.7 Å². The number of hydrogen-bond donors (Lipinski definition) is 2. The summed E-state index contributed by atoms with van der Waals surface area (Å²) in [6, 6.07) is 24.6. The molecule has 0 fully saturated rings. The molecule has 31 heavy (non-hydrogen) atoms. The molecule has 3 aromatic carbocycles. The van der Waals surface area contributed by atoms with Gasteiger partial charge in [0.05, 0.1) is 16.9 Å². The van der Waals surface area contributed by atoms with Gasteiger partial charge in [0.2, 0.25) is 5.88 Å². The van der Waals surface area contributed by atoms with Gasteiger partial charge in [-0.3, -0.25) is 0 Å². The number of rotatable bonds is 2. The van der Waals surface area contributed by atoms with E-state index in [0.717, 1.165) is 16.7 Å². The number of nitriles is 1. The molecule has 0 amide bonds. The number of hydrogen-bond acceptors (Lipinski definition) is 6. The third-order valence-electron chi connectivity index (χ3n) is 5.44. The SMILES string of the molecule is N#CC1=C(N)Oc2c(c(=O)oc3ccc(N)cc23)C1c1ccc(-c2ccccc2)cc1. The molecular weight excluding hydrogens is 390 g/mol. The van der Waals surface area contributed by atoms with Crippen LogP contribution in [-0.4, -0.2) is 0 Å². The Morgan fingerprint density at radius 1 is 0.903 bits per heavy atom. The summed E-state index contributed by atoms with van der Waals surface area (Å²) in [6.07, 6.45) is 0. The molecule has 1 atom stereocenters. The summed E-state index contributed by atoms with van der Waals surface area (Å²) in [6.45, 7) is 0. The predicted octanol–water partition coefficient (Wildman–Crippen LogP) is 4.26. The molecule has 6 heteroatoms. The van der Waals surface area contributed by atoms with Gasteiger partial charge in [-0.2, -0.15) is 5.26 Å². The molecule has 150 valence electrons. The highest BCUT2D eigenvalue weighted by Crippen LogP contribution is 2.44. The Morgan fingerprint density at radius 3 is 2.32 bits per heavy atom. The Balaban J connectivity index is 1.72. The van der Waals surface area contributed by atoms with E-state index in [2.05, 4.69) is 6.07 Å². The Bertz CT molecular complexity index is 1450. The van der Waals surface area contributed by atoms with Crippen molar-refractivity contribution in [2.24, 2.45) is 5.73 Å². The summed E-state index contributed by atoms with van der Waals surface area (Å²) >= 11 is 0. The molecule has 4 N–H and O–H groups in total. The van der Waals surface area contributed by atoms with Gasteiger partial charge >= 0.3 is 5.63 Å². The first-order valence-electron chi connectivity index (χ1n) is 9.66. The second-order valence-electron chi connectivity index (χ2n) is 7.30. The zero-order chi connectivity index (χ0) is 21.5. The highest BCUT2D eigenvalue weighted by atomic mass is 16.5. The quantitative estimate of drug-likeness (QED) is 0.379. The van der Waals surface area contributed by atoms with Gasteiger partial charge in [0.15, 0.2) is 5.75 Å². The van der Waals surface area contributed by atoms with Gasteiger partial charge in [-0.15, -0.1) is 0 Å². The van der Waals surface area contributed by atoms with Crippen LogP contribution >= 0.6 is 0 Å². The molecular formula is C25H17N3O3. The Kier molecular flexibility index (Phi) is 4.23. The van der Waals surface area contributed by atoms with Gasteiger partial charge in [0, 0.05) is 5.69 Å². The van der Waals surface area contributed by atoms with E-state index in [9.17, 15) is 10.1 Å². The van der Waals surface area contributed by atoms with Crippen LogP contribution in [0.5, 0.6) is 5.75 Å². The Morgan fingerprint density at radius 2 is 1.61 bits per heavy atom. The monoisotopic (exact) mass is 407 g/mol. The Hall–Kier alpha value is -4.50. The number of nitrogens with zero attached hydrogens (tertiary/aromatic N) is 1. The number of nitrogen functional groups attached to an aromatic ring is 1. The highest BCUT2D eigenvalue weighted by molar-refractivity contribution is 5.88. The van der Waals surface area contributed by atoms with Gasteiger partial charge in [-0.05, 0) is 34.9 Å². The van der Waals surface area contributed by atoms with Gasteiger partial charge < -0.3 is 20.6 Å². The fourth-order valence-corrected chi connectivity index (χ4v) is 3.97. The Labute approximate surface area is 177 Å². The molecule has 6 nitrogen and oxygen atoms in total. The lowest BCUT2D eigenvalue weighted by Gasteiger charge is -2.26. The molecule has 2 heterocycles. The van der Waals surface area contributed by atoms with Gasteiger partial charge in [-0.1, -0.05) is 54.6 Å². The minimum absolute atomic E-state index is 0.0403. The number of anilines is 1. The van der Waals surface area contributed by atoms with Crippen molar-refractivity contribution < 1.29 is 9.15 Å². The first kappa shape index (κ1) is 18.5. The van der Waals surface area contributed by atoms with E-state index in [1.54, 1.807) is 18.2 Å². The van der Waals surface area contributed by atoms with Gasteiger partial charge in [0.25, 0.3) is 0 Å². The van der Waals surface area contributed by atoms with Crippen LogP contribution in [0.4, 0.5) is 5.69 Å². The minimum Gasteiger partial charge on any atom is -0.439 e. The first-order chi connectivity index (χ1) is 15.1. The maximum Gasteiger partial charge on any atom is 0.344 e. The van der Waals surface area contributed by atoms with Crippen molar-refractivity contribution in [3.63, 3.8) is 0 Å². The van der Waals surface area contributed by atoms with Crippen LogP contribution in [0.2, 0.25) is 0 Å². The van der Waals surface area contributed by atoms with Crippen molar-refractivity contribution in [3.05, 3.63) is 106 Å². The van der Waals surface area contributed by atoms with E-state index in [1.165, 1.54) is 0 Å². The topological polar surface area (TPSA) is 115 Å². The van der Waals surface area contributed by atoms with Crippen molar-refractivity contribution in [3.8, 4) is 22.9 Å². The summed E-state index contributed by atoms with van der Waals surface area (Å²) < 4.78 is 11.3. The summed E-state index contributed by atoms with van der Waals surface area (Å²) in [5.74, 6) is -0.477. The first-order valence-corrected chi connectivity index (χ1v) is 9.66. The lowest BCUT2D eigenvalue weighted by molar-refractivity contribution is 0.388. The number of ether oxygens (including phenoxy) is 1. The molecule has 0 spiro atoms. The zero-order valence-corrected chi connectivity index (χ0v) is 16.3. The molecule has 0 aliphatic carbocycles. The molecule has 0 saturated heterocycles. The summed E-state index contributed by atoms with van der Waals surface area (Å²) in [4.78, 5) is 13.0. The lowest BCUT2D eigenvalue weighted by atomic mass is 9.83. The van der Waals surface area contributed by atoms with Crippen LogP contribution in [0.15, 0.2) is 93.5 Å². The van der Waals surface area contributed by atoms with Gasteiger partial charge in [-0.25, -0.2) is 4.79 Å². The average Bonchev–Trinajstić information content (AvgIpc) is 2.79. The van der Waals surface area contributed by atoms with Crippen LogP contribution < -0.4 is 21.8 Å². The van der Waals surface area contributed by atoms with Crippen LogP contribution in [-0.2, 0) is 0 Å². The molecule has 0 radical (unpaired) electrons. The van der Waals surface area contributed by atoms with Crippen LogP contribution in [0.1, 0.15) is 17.0 Å². The van der Waals surface area contributed by atoms with Crippen molar-refractivity contribution in [1.82, 2.24) is 0 Å². The number of allylic oxidation sites excluding steroid dienone is 1. The molecule has 0 saturated carbocycles. The summed E-state index contributed by atoms with van der Waals surface area (Å²) in [7, 11) is 0. The molecule has 0 bridgehead atoms. The minimum atomic E-state index is -0.708. The normalized spacial score (nSPS) is 15.3.